The molecule has 0 saturated heterocycles. The number of nitrogens with two attached hydrogens (primary N) is 1. The lowest BCUT2D eigenvalue weighted by atomic mass is 9.75. The molecule has 1 saturated carbocycles. The van der Waals surface area contributed by atoms with E-state index >= 15 is 0 Å². The second-order valence-corrected chi connectivity index (χ2v) is 5.58. The minimum atomic E-state index is -0.144. The number of methoxy groups -OCH3 is 1. The Balaban J connectivity index is 2.06. The number of carbonyl (C=O) groups excluding carboxylic acids is 1. The zero-order chi connectivity index (χ0) is 14.8. The second kappa shape index (κ2) is 5.71. The summed E-state index contributed by atoms with van der Waals surface area (Å²) in [6, 6.07) is 5.24. The van der Waals surface area contributed by atoms with Crippen LogP contribution in [0.3, 0.4) is 0 Å². The Kier molecular flexibility index (Phi) is 4.18. The SMILES string of the molecule is COc1cccc(C(=O)NCC2(N(C)C)CCC2)c1N. The molecule has 0 heterocycles. The van der Waals surface area contributed by atoms with E-state index in [0.717, 1.165) is 12.8 Å². The summed E-state index contributed by atoms with van der Waals surface area (Å²) in [5, 5.41) is 3.00. The van der Waals surface area contributed by atoms with Crippen molar-refractivity contribution in [2.24, 2.45) is 0 Å². The molecule has 0 aliphatic heterocycles. The van der Waals surface area contributed by atoms with Crippen LogP contribution in [0.25, 0.3) is 0 Å². The van der Waals surface area contributed by atoms with E-state index in [0.29, 0.717) is 23.5 Å². The molecule has 5 heteroatoms. The molecule has 20 heavy (non-hydrogen) atoms. The first-order valence-electron chi connectivity index (χ1n) is 6.88. The Bertz CT molecular complexity index is 496. The number of rotatable bonds is 5. The third-order valence-corrected chi connectivity index (χ3v) is 4.34. The number of nitrogen functional groups attached to an aromatic ring is 1. The van der Waals surface area contributed by atoms with E-state index < -0.39 is 0 Å². The summed E-state index contributed by atoms with van der Waals surface area (Å²) in [5.41, 5.74) is 6.90. The van der Waals surface area contributed by atoms with Gasteiger partial charge >= 0.3 is 0 Å². The van der Waals surface area contributed by atoms with Crippen LogP contribution in [0, 0.1) is 0 Å². The van der Waals surface area contributed by atoms with E-state index in [4.69, 9.17) is 10.5 Å². The van der Waals surface area contributed by atoms with Crippen LogP contribution in [0.2, 0.25) is 0 Å². The first-order valence-corrected chi connectivity index (χ1v) is 6.88. The van der Waals surface area contributed by atoms with E-state index in [1.165, 1.54) is 6.42 Å². The van der Waals surface area contributed by atoms with Crippen molar-refractivity contribution < 1.29 is 9.53 Å². The van der Waals surface area contributed by atoms with Crippen molar-refractivity contribution in [3.8, 4) is 5.75 Å². The van der Waals surface area contributed by atoms with Gasteiger partial charge in [-0.05, 0) is 45.5 Å². The highest BCUT2D eigenvalue weighted by Crippen LogP contribution is 2.35. The summed E-state index contributed by atoms with van der Waals surface area (Å²) in [7, 11) is 5.67. The van der Waals surface area contributed by atoms with E-state index in [1.807, 2.05) is 0 Å². The average molecular weight is 277 g/mol. The molecular formula is C15H23N3O2. The first kappa shape index (κ1) is 14.7. The predicted molar refractivity (Wildman–Crippen MR) is 80.0 cm³/mol. The van der Waals surface area contributed by atoms with Crippen molar-refractivity contribution >= 4 is 11.6 Å². The third-order valence-electron chi connectivity index (χ3n) is 4.34. The van der Waals surface area contributed by atoms with Crippen LogP contribution in [0.5, 0.6) is 5.75 Å². The van der Waals surface area contributed by atoms with Gasteiger partial charge in [-0.1, -0.05) is 6.07 Å². The van der Waals surface area contributed by atoms with Gasteiger partial charge in [-0.2, -0.15) is 0 Å². The van der Waals surface area contributed by atoms with Gasteiger partial charge in [-0.15, -0.1) is 0 Å². The van der Waals surface area contributed by atoms with E-state index in [-0.39, 0.29) is 11.4 Å². The Hall–Kier alpha value is -1.75. The van der Waals surface area contributed by atoms with Crippen LogP contribution in [-0.4, -0.2) is 44.1 Å². The van der Waals surface area contributed by atoms with Crippen LogP contribution >= 0.6 is 0 Å². The quantitative estimate of drug-likeness (QED) is 0.800. The van der Waals surface area contributed by atoms with Crippen molar-refractivity contribution in [1.29, 1.82) is 0 Å². The third kappa shape index (κ3) is 2.58. The number of anilines is 1. The molecule has 1 aliphatic carbocycles. The Labute approximate surface area is 120 Å². The van der Waals surface area contributed by atoms with Gasteiger partial charge in [0.15, 0.2) is 0 Å². The summed E-state index contributed by atoms with van der Waals surface area (Å²) in [6.45, 7) is 0.648. The number of para-hydroxylation sites is 1. The zero-order valence-corrected chi connectivity index (χ0v) is 12.4. The van der Waals surface area contributed by atoms with Crippen molar-refractivity contribution in [3.63, 3.8) is 0 Å². The molecule has 0 bridgehead atoms. The monoisotopic (exact) mass is 277 g/mol. The molecule has 1 fully saturated rings. The lowest BCUT2D eigenvalue weighted by Gasteiger charge is -2.47. The maximum Gasteiger partial charge on any atom is 0.253 e. The Morgan fingerprint density at radius 2 is 2.15 bits per heavy atom. The Morgan fingerprint density at radius 1 is 1.45 bits per heavy atom. The van der Waals surface area contributed by atoms with Crippen LogP contribution in [-0.2, 0) is 0 Å². The molecule has 110 valence electrons. The zero-order valence-electron chi connectivity index (χ0n) is 12.4. The largest absolute Gasteiger partial charge is 0.495 e. The topological polar surface area (TPSA) is 67.6 Å². The number of nitrogens with zero attached hydrogens (tertiary/aromatic N) is 1. The minimum absolute atomic E-state index is 0.100. The molecule has 0 radical (unpaired) electrons. The molecule has 0 aromatic heterocycles. The normalized spacial score (nSPS) is 16.6. The summed E-state index contributed by atoms with van der Waals surface area (Å²) in [6.07, 6.45) is 3.46. The van der Waals surface area contributed by atoms with Gasteiger partial charge < -0.3 is 20.7 Å². The molecule has 1 amide bonds. The molecule has 0 atom stereocenters. The molecule has 1 aliphatic rings. The summed E-state index contributed by atoms with van der Waals surface area (Å²) in [5.74, 6) is 0.387. The molecule has 1 aromatic rings. The van der Waals surface area contributed by atoms with Gasteiger partial charge in [-0.25, -0.2) is 0 Å². The first-order chi connectivity index (χ1) is 9.50. The number of nitrogens with one attached hydrogen (secondary N) is 1. The van der Waals surface area contributed by atoms with E-state index in [1.54, 1.807) is 25.3 Å². The highest BCUT2D eigenvalue weighted by atomic mass is 16.5. The van der Waals surface area contributed by atoms with Gasteiger partial charge in [-0.3, -0.25) is 4.79 Å². The molecule has 5 nitrogen and oxygen atoms in total. The van der Waals surface area contributed by atoms with Crippen molar-refractivity contribution in [2.75, 3.05) is 33.5 Å². The number of hydrogen-bond donors (Lipinski definition) is 2. The summed E-state index contributed by atoms with van der Waals surface area (Å²) >= 11 is 0. The maximum atomic E-state index is 12.3. The van der Waals surface area contributed by atoms with Crippen LogP contribution in [0.15, 0.2) is 18.2 Å². The van der Waals surface area contributed by atoms with Crippen LogP contribution < -0.4 is 15.8 Å². The van der Waals surface area contributed by atoms with Gasteiger partial charge in [0.25, 0.3) is 5.91 Å². The molecule has 0 spiro atoms. The predicted octanol–water partition coefficient (Wildman–Crippen LogP) is 1.49. The van der Waals surface area contributed by atoms with Gasteiger partial charge in [0, 0.05) is 12.1 Å². The maximum absolute atomic E-state index is 12.3. The molecule has 2 rings (SSSR count). The fourth-order valence-corrected chi connectivity index (χ4v) is 2.63. The molecule has 0 unspecified atom stereocenters. The van der Waals surface area contributed by atoms with Crippen molar-refractivity contribution in [3.05, 3.63) is 23.8 Å². The lowest BCUT2D eigenvalue weighted by Crippen LogP contribution is -2.57. The second-order valence-electron chi connectivity index (χ2n) is 5.58. The van der Waals surface area contributed by atoms with Crippen molar-refractivity contribution in [1.82, 2.24) is 10.2 Å². The molecule has 1 aromatic carbocycles. The fraction of sp³-hybridized carbons (Fsp3) is 0.533. The molecular weight excluding hydrogens is 254 g/mol. The number of carbonyl (C=O) groups is 1. The summed E-state index contributed by atoms with van der Waals surface area (Å²) in [4.78, 5) is 14.5. The summed E-state index contributed by atoms with van der Waals surface area (Å²) < 4.78 is 5.14. The lowest BCUT2D eigenvalue weighted by molar-refractivity contribution is 0.0558. The van der Waals surface area contributed by atoms with E-state index in [9.17, 15) is 4.79 Å². The van der Waals surface area contributed by atoms with Crippen LogP contribution in [0.4, 0.5) is 5.69 Å². The van der Waals surface area contributed by atoms with Crippen LogP contribution in [0.1, 0.15) is 29.6 Å². The smallest absolute Gasteiger partial charge is 0.253 e. The minimum Gasteiger partial charge on any atom is -0.495 e. The fourth-order valence-electron chi connectivity index (χ4n) is 2.63. The highest BCUT2D eigenvalue weighted by molar-refractivity contribution is 6.00. The molecule has 3 N–H and O–H groups in total. The van der Waals surface area contributed by atoms with Gasteiger partial charge in [0.2, 0.25) is 0 Å². The van der Waals surface area contributed by atoms with Crippen molar-refractivity contribution in [2.45, 2.75) is 24.8 Å². The van der Waals surface area contributed by atoms with E-state index in [2.05, 4.69) is 24.3 Å². The average Bonchev–Trinajstić information content (AvgIpc) is 2.37. The van der Waals surface area contributed by atoms with Gasteiger partial charge in [0.05, 0.1) is 18.4 Å². The van der Waals surface area contributed by atoms with Gasteiger partial charge in [0.1, 0.15) is 5.75 Å². The highest BCUT2D eigenvalue weighted by Gasteiger charge is 2.39. The number of ether oxygens (including phenoxy) is 1. The number of amides is 1. The Morgan fingerprint density at radius 3 is 2.65 bits per heavy atom. The standard InChI is InChI=1S/C15H23N3O2/c1-18(2)15(8-5-9-15)10-17-14(19)11-6-4-7-12(20-3)13(11)16/h4,6-7H,5,8-10,16H2,1-3H3,(H,17,19). The number of benzene rings is 1. The number of hydrogen-bond acceptors (Lipinski definition) is 4. The number of likely N-dealkylation sites (N-methyl/N-ethyl adjacent to an activating group) is 1.